The third-order valence-corrected chi connectivity index (χ3v) is 4.59. The molecule has 19 heavy (non-hydrogen) atoms. The number of hydrogen-bond acceptors (Lipinski definition) is 4. The number of carbonyl (C=O) groups is 1. The number of hydrogen-bond donors (Lipinski definition) is 2. The van der Waals surface area contributed by atoms with Gasteiger partial charge in [-0.2, -0.15) is 11.8 Å². The second-order valence-electron chi connectivity index (χ2n) is 4.09. The van der Waals surface area contributed by atoms with Gasteiger partial charge < -0.3 is 11.1 Å². The van der Waals surface area contributed by atoms with Crippen LogP contribution in [0.1, 0.15) is 16.1 Å². The molecule has 3 N–H and O–H groups in total. The quantitative estimate of drug-likeness (QED) is 0.834. The first-order valence-corrected chi connectivity index (χ1v) is 8.09. The number of rotatable bonds is 5. The molecule has 2 rings (SSSR count). The van der Waals surface area contributed by atoms with Gasteiger partial charge in [0.25, 0.3) is 5.91 Å². The van der Waals surface area contributed by atoms with Crippen LogP contribution in [-0.4, -0.2) is 24.5 Å². The van der Waals surface area contributed by atoms with Crippen LogP contribution in [0.15, 0.2) is 18.2 Å². The van der Waals surface area contributed by atoms with Gasteiger partial charge in [0.1, 0.15) is 10.7 Å². The van der Waals surface area contributed by atoms with Crippen LogP contribution in [0.5, 0.6) is 0 Å². The molecule has 1 heterocycles. The van der Waals surface area contributed by atoms with Crippen LogP contribution < -0.4 is 11.1 Å². The maximum Gasteiger partial charge on any atom is 0.263 e. The number of halogens is 1. The zero-order chi connectivity index (χ0) is 13.8. The second kappa shape index (κ2) is 6.25. The molecule has 1 aromatic heterocycles. The molecule has 0 saturated heterocycles. The number of thiophene rings is 1. The molecule has 6 heteroatoms. The lowest BCUT2D eigenvalue weighted by molar-refractivity contribution is 0.0958. The minimum Gasteiger partial charge on any atom is -0.397 e. The summed E-state index contributed by atoms with van der Waals surface area (Å²) in [7, 11) is 0. The number of amides is 1. The number of benzene rings is 1. The molecule has 0 aliphatic heterocycles. The number of anilines is 1. The van der Waals surface area contributed by atoms with Crippen LogP contribution in [-0.2, 0) is 0 Å². The van der Waals surface area contributed by atoms with Crippen molar-refractivity contribution < 1.29 is 9.18 Å². The SMILES string of the molecule is CSCCCNC(=O)c1sc2ccc(F)cc2c1N. The first kappa shape index (κ1) is 14.1. The van der Waals surface area contributed by atoms with Crippen LogP contribution in [0.2, 0.25) is 0 Å². The fourth-order valence-electron chi connectivity index (χ4n) is 1.76. The molecule has 0 radical (unpaired) electrons. The van der Waals surface area contributed by atoms with Gasteiger partial charge in [-0.3, -0.25) is 4.79 Å². The summed E-state index contributed by atoms with van der Waals surface area (Å²) in [4.78, 5) is 12.5. The molecular weight excluding hydrogens is 283 g/mol. The summed E-state index contributed by atoms with van der Waals surface area (Å²) in [5.74, 6) is 0.483. The van der Waals surface area contributed by atoms with Gasteiger partial charge in [0.05, 0.1) is 5.69 Å². The lowest BCUT2D eigenvalue weighted by Gasteiger charge is -2.03. The number of nitrogen functional groups attached to an aromatic ring is 1. The predicted molar refractivity (Wildman–Crippen MR) is 81.5 cm³/mol. The fraction of sp³-hybridized carbons (Fsp3) is 0.308. The van der Waals surface area contributed by atoms with E-state index >= 15 is 0 Å². The minimum atomic E-state index is -0.344. The Morgan fingerprint density at radius 1 is 1.53 bits per heavy atom. The van der Waals surface area contributed by atoms with E-state index in [1.165, 1.54) is 23.5 Å². The van der Waals surface area contributed by atoms with Crippen LogP contribution in [0, 0.1) is 5.82 Å². The summed E-state index contributed by atoms with van der Waals surface area (Å²) in [6.07, 6.45) is 2.95. The van der Waals surface area contributed by atoms with Gasteiger partial charge in [-0.25, -0.2) is 4.39 Å². The first-order valence-electron chi connectivity index (χ1n) is 5.88. The van der Waals surface area contributed by atoms with Gasteiger partial charge >= 0.3 is 0 Å². The topological polar surface area (TPSA) is 55.1 Å². The predicted octanol–water partition coefficient (Wildman–Crippen LogP) is 3.11. The van der Waals surface area contributed by atoms with E-state index in [0.29, 0.717) is 22.5 Å². The lowest BCUT2D eigenvalue weighted by atomic mass is 10.2. The number of carbonyl (C=O) groups excluding carboxylic acids is 1. The Morgan fingerprint density at radius 2 is 2.32 bits per heavy atom. The summed E-state index contributed by atoms with van der Waals surface area (Å²) in [5, 5.41) is 3.44. The fourth-order valence-corrected chi connectivity index (χ4v) is 3.21. The van der Waals surface area contributed by atoms with Crippen molar-refractivity contribution in [2.75, 3.05) is 24.3 Å². The Kier molecular flexibility index (Phi) is 4.66. The Morgan fingerprint density at radius 3 is 3.05 bits per heavy atom. The molecule has 1 amide bonds. The lowest BCUT2D eigenvalue weighted by Crippen LogP contribution is -2.24. The van der Waals surface area contributed by atoms with Crippen LogP contribution in [0.3, 0.4) is 0 Å². The Labute approximate surface area is 119 Å². The highest BCUT2D eigenvalue weighted by molar-refractivity contribution is 7.98. The maximum atomic E-state index is 13.2. The van der Waals surface area contributed by atoms with Crippen molar-refractivity contribution in [1.82, 2.24) is 5.32 Å². The molecule has 0 spiro atoms. The van der Waals surface area contributed by atoms with E-state index in [9.17, 15) is 9.18 Å². The average Bonchev–Trinajstić information content (AvgIpc) is 2.72. The van der Waals surface area contributed by atoms with Gasteiger partial charge in [-0.15, -0.1) is 11.3 Å². The molecule has 0 bridgehead atoms. The summed E-state index contributed by atoms with van der Waals surface area (Å²) in [6.45, 7) is 0.627. The van der Waals surface area contributed by atoms with E-state index in [1.807, 2.05) is 6.26 Å². The summed E-state index contributed by atoms with van der Waals surface area (Å²) in [6, 6.07) is 4.39. The molecule has 0 fully saturated rings. The smallest absolute Gasteiger partial charge is 0.263 e. The van der Waals surface area contributed by atoms with Crippen molar-refractivity contribution in [2.45, 2.75) is 6.42 Å². The monoisotopic (exact) mass is 298 g/mol. The van der Waals surface area contributed by atoms with E-state index < -0.39 is 0 Å². The maximum absolute atomic E-state index is 13.2. The molecule has 3 nitrogen and oxygen atoms in total. The Balaban J connectivity index is 2.16. The number of nitrogens with one attached hydrogen (secondary N) is 1. The summed E-state index contributed by atoms with van der Waals surface area (Å²) >= 11 is 3.04. The van der Waals surface area contributed by atoms with E-state index in [0.717, 1.165) is 16.9 Å². The second-order valence-corrected chi connectivity index (χ2v) is 6.13. The molecule has 0 unspecified atom stereocenters. The van der Waals surface area contributed by atoms with Crippen LogP contribution in [0.25, 0.3) is 10.1 Å². The van der Waals surface area contributed by atoms with Crippen LogP contribution >= 0.6 is 23.1 Å². The summed E-state index contributed by atoms with van der Waals surface area (Å²) < 4.78 is 14.0. The molecule has 2 aromatic rings. The molecule has 0 aliphatic rings. The highest BCUT2D eigenvalue weighted by Crippen LogP contribution is 2.33. The zero-order valence-electron chi connectivity index (χ0n) is 10.5. The van der Waals surface area contributed by atoms with E-state index in [2.05, 4.69) is 5.32 Å². The van der Waals surface area contributed by atoms with Crippen molar-refractivity contribution in [3.8, 4) is 0 Å². The molecule has 0 atom stereocenters. The third-order valence-electron chi connectivity index (χ3n) is 2.71. The van der Waals surface area contributed by atoms with Crippen molar-refractivity contribution >= 4 is 44.8 Å². The van der Waals surface area contributed by atoms with E-state index in [1.54, 1.807) is 17.8 Å². The van der Waals surface area contributed by atoms with Gasteiger partial charge in [0, 0.05) is 16.6 Å². The molecule has 1 aromatic carbocycles. The zero-order valence-corrected chi connectivity index (χ0v) is 12.2. The molecule has 0 saturated carbocycles. The molecule has 102 valence electrons. The first-order chi connectivity index (χ1) is 9.13. The van der Waals surface area contributed by atoms with E-state index in [4.69, 9.17) is 5.73 Å². The van der Waals surface area contributed by atoms with Crippen LogP contribution in [0.4, 0.5) is 10.1 Å². The van der Waals surface area contributed by atoms with Crippen molar-refractivity contribution in [1.29, 1.82) is 0 Å². The molecular formula is C13H15FN2OS2. The number of thioether (sulfide) groups is 1. The Hall–Kier alpha value is -1.27. The number of nitrogens with two attached hydrogens (primary N) is 1. The highest BCUT2D eigenvalue weighted by Gasteiger charge is 2.16. The van der Waals surface area contributed by atoms with Gasteiger partial charge in [-0.05, 0) is 36.6 Å². The highest BCUT2D eigenvalue weighted by atomic mass is 32.2. The largest absolute Gasteiger partial charge is 0.397 e. The van der Waals surface area contributed by atoms with Gasteiger partial charge in [-0.1, -0.05) is 0 Å². The normalized spacial score (nSPS) is 10.8. The van der Waals surface area contributed by atoms with Gasteiger partial charge in [0.2, 0.25) is 0 Å². The standard InChI is InChI=1S/C13H15FN2OS2/c1-18-6-2-5-16-13(17)12-11(15)9-7-8(14)3-4-10(9)19-12/h3-4,7H,2,5-6,15H2,1H3,(H,16,17). The third kappa shape index (κ3) is 3.19. The van der Waals surface area contributed by atoms with E-state index in [-0.39, 0.29) is 11.7 Å². The number of fused-ring (bicyclic) bond motifs is 1. The summed E-state index contributed by atoms with van der Waals surface area (Å²) in [5.41, 5.74) is 6.28. The van der Waals surface area contributed by atoms with Crippen molar-refractivity contribution in [3.05, 3.63) is 28.9 Å². The van der Waals surface area contributed by atoms with Gasteiger partial charge in [0.15, 0.2) is 0 Å². The molecule has 0 aliphatic carbocycles. The van der Waals surface area contributed by atoms with Crippen molar-refractivity contribution in [2.24, 2.45) is 0 Å². The Bertz CT molecular complexity index is 598. The van der Waals surface area contributed by atoms with Crippen molar-refractivity contribution in [3.63, 3.8) is 0 Å². The average molecular weight is 298 g/mol. The minimum absolute atomic E-state index is 0.180.